The largest absolute Gasteiger partial charge is 1.00 e. The molecule has 0 saturated heterocycles. The Kier molecular flexibility index (Phi) is 14.6. The second-order valence-corrected chi connectivity index (χ2v) is 6.58. The van der Waals surface area contributed by atoms with Gasteiger partial charge in [-0.25, -0.2) is 4.79 Å². The van der Waals surface area contributed by atoms with Crippen LogP contribution in [0.25, 0.3) is 0 Å². The number of rotatable bonds is 12. The quantitative estimate of drug-likeness (QED) is 0.229. The fourth-order valence-electron chi connectivity index (χ4n) is 1.89. The van der Waals surface area contributed by atoms with Gasteiger partial charge in [-0.3, -0.25) is 9.35 Å². The first-order valence-corrected chi connectivity index (χ1v) is 8.84. The van der Waals surface area contributed by atoms with Crippen molar-refractivity contribution in [1.82, 2.24) is 5.32 Å². The molecule has 3 N–H and O–H groups in total. The van der Waals surface area contributed by atoms with Crippen molar-refractivity contribution in [2.24, 2.45) is 0 Å². The standard InChI is InChI=1S/C13H25NO6S.Na.H/c1-2-3-4-5-6-7-8-9-12(15)14-11(13(16)17)10-21(18,19)20;;/h11H,2-10H2,1H3,(H,14,15)(H,16,17)(H,18,19,20);;/q;+1;-1/t11-;;/m1../s1. The Labute approximate surface area is 155 Å². The molecular weight excluding hydrogens is 321 g/mol. The molecule has 0 spiro atoms. The van der Waals surface area contributed by atoms with Gasteiger partial charge in [0.05, 0.1) is 0 Å². The molecule has 0 unspecified atom stereocenters. The van der Waals surface area contributed by atoms with Crippen molar-refractivity contribution in [2.75, 3.05) is 5.75 Å². The van der Waals surface area contributed by atoms with Crippen LogP contribution in [-0.2, 0) is 19.7 Å². The van der Waals surface area contributed by atoms with Crippen LogP contribution >= 0.6 is 0 Å². The third-order valence-corrected chi connectivity index (χ3v) is 3.77. The molecule has 0 aliphatic heterocycles. The Morgan fingerprint density at radius 3 is 2.05 bits per heavy atom. The average molecular weight is 347 g/mol. The van der Waals surface area contributed by atoms with E-state index < -0.39 is 33.8 Å². The molecule has 1 atom stereocenters. The van der Waals surface area contributed by atoms with E-state index >= 15 is 0 Å². The predicted octanol–water partition coefficient (Wildman–Crippen LogP) is -1.30. The predicted molar refractivity (Wildman–Crippen MR) is 79.7 cm³/mol. The Balaban J connectivity index is -0.00000200. The van der Waals surface area contributed by atoms with Crippen LogP contribution in [0.1, 0.15) is 59.7 Å². The summed E-state index contributed by atoms with van der Waals surface area (Å²) in [5.41, 5.74) is 0. The maximum atomic E-state index is 11.5. The van der Waals surface area contributed by atoms with Crippen LogP contribution in [0.4, 0.5) is 0 Å². The van der Waals surface area contributed by atoms with E-state index in [-0.39, 0.29) is 37.4 Å². The number of nitrogens with one attached hydrogen (secondary N) is 1. The van der Waals surface area contributed by atoms with Crippen molar-refractivity contribution in [1.29, 1.82) is 0 Å². The average Bonchev–Trinajstić information content (AvgIpc) is 2.35. The number of hydrogen-bond donors (Lipinski definition) is 3. The van der Waals surface area contributed by atoms with Gasteiger partial charge in [-0.15, -0.1) is 0 Å². The summed E-state index contributed by atoms with van der Waals surface area (Å²) in [6.07, 6.45) is 7.38. The molecule has 126 valence electrons. The third-order valence-electron chi connectivity index (χ3n) is 3.02. The maximum absolute atomic E-state index is 11.5. The van der Waals surface area contributed by atoms with Crippen molar-refractivity contribution < 1.29 is 58.7 Å². The first kappa shape index (κ1) is 24.1. The first-order chi connectivity index (χ1) is 9.76. The summed E-state index contributed by atoms with van der Waals surface area (Å²) < 4.78 is 29.9. The van der Waals surface area contributed by atoms with Crippen LogP contribution in [0, 0.1) is 0 Å². The molecule has 0 aromatic heterocycles. The summed E-state index contributed by atoms with van der Waals surface area (Å²) in [5, 5.41) is 10.9. The Morgan fingerprint density at radius 2 is 1.59 bits per heavy atom. The summed E-state index contributed by atoms with van der Waals surface area (Å²) in [5.74, 6) is -3.02. The number of carbonyl (C=O) groups excluding carboxylic acids is 1. The molecule has 0 aromatic rings. The van der Waals surface area contributed by atoms with Gasteiger partial charge in [0.2, 0.25) is 5.91 Å². The zero-order valence-electron chi connectivity index (χ0n) is 14.4. The number of aliphatic carboxylic acids is 1. The monoisotopic (exact) mass is 347 g/mol. The van der Waals surface area contributed by atoms with E-state index in [4.69, 9.17) is 9.66 Å². The molecule has 9 heteroatoms. The van der Waals surface area contributed by atoms with Gasteiger partial charge in [-0.1, -0.05) is 45.4 Å². The van der Waals surface area contributed by atoms with E-state index in [1.807, 2.05) is 0 Å². The van der Waals surface area contributed by atoms with Gasteiger partial charge in [0, 0.05) is 6.42 Å². The van der Waals surface area contributed by atoms with E-state index in [2.05, 4.69) is 12.2 Å². The van der Waals surface area contributed by atoms with Crippen LogP contribution in [-0.4, -0.2) is 41.7 Å². The number of unbranched alkanes of at least 4 members (excludes halogenated alkanes) is 6. The minimum absolute atomic E-state index is 0. The Morgan fingerprint density at radius 1 is 1.09 bits per heavy atom. The van der Waals surface area contributed by atoms with Crippen molar-refractivity contribution in [3.63, 3.8) is 0 Å². The number of carboxylic acid groups (broad SMARTS) is 1. The summed E-state index contributed by atoms with van der Waals surface area (Å²) in [7, 11) is -4.45. The fraction of sp³-hybridized carbons (Fsp3) is 0.846. The molecule has 1 amide bonds. The van der Waals surface area contributed by atoms with E-state index in [1.54, 1.807) is 0 Å². The smallest absolute Gasteiger partial charge is 1.00 e. The van der Waals surface area contributed by atoms with Crippen molar-refractivity contribution in [3.8, 4) is 0 Å². The molecule has 0 rings (SSSR count). The molecule has 0 aliphatic rings. The second-order valence-electron chi connectivity index (χ2n) is 5.08. The molecule has 0 fully saturated rings. The van der Waals surface area contributed by atoms with Crippen molar-refractivity contribution in [3.05, 3.63) is 0 Å². The molecule has 7 nitrogen and oxygen atoms in total. The third kappa shape index (κ3) is 14.8. The minimum Gasteiger partial charge on any atom is -1.00 e. The molecule has 0 bridgehead atoms. The number of hydrogen-bond acceptors (Lipinski definition) is 4. The van der Waals surface area contributed by atoms with E-state index in [9.17, 15) is 18.0 Å². The van der Waals surface area contributed by atoms with E-state index in [1.165, 1.54) is 19.3 Å². The van der Waals surface area contributed by atoms with Gasteiger partial charge in [0.15, 0.2) is 0 Å². The summed E-state index contributed by atoms with van der Waals surface area (Å²) >= 11 is 0. The van der Waals surface area contributed by atoms with E-state index in [0.29, 0.717) is 6.42 Å². The van der Waals surface area contributed by atoms with Gasteiger partial charge in [-0.2, -0.15) is 8.42 Å². The van der Waals surface area contributed by atoms with Crippen LogP contribution in [0.15, 0.2) is 0 Å². The molecule has 0 heterocycles. The maximum Gasteiger partial charge on any atom is 1.00 e. The van der Waals surface area contributed by atoms with Crippen LogP contribution in [0.2, 0.25) is 0 Å². The molecule has 0 saturated carbocycles. The molecule has 0 aliphatic carbocycles. The zero-order valence-corrected chi connectivity index (χ0v) is 16.2. The topological polar surface area (TPSA) is 121 Å². The van der Waals surface area contributed by atoms with Crippen molar-refractivity contribution >= 4 is 22.0 Å². The number of amides is 1. The van der Waals surface area contributed by atoms with Crippen LogP contribution in [0.3, 0.4) is 0 Å². The Bertz CT molecular complexity index is 432. The summed E-state index contributed by atoms with van der Waals surface area (Å²) in [4.78, 5) is 22.3. The SMILES string of the molecule is CCCCCCCCCC(=O)N[C@H](CS(=O)(=O)O)C(=O)O.[H-].[Na+]. The number of carbonyl (C=O) groups is 2. The second kappa shape index (κ2) is 13.3. The van der Waals surface area contributed by atoms with Crippen LogP contribution in [0.5, 0.6) is 0 Å². The molecule has 0 radical (unpaired) electrons. The molecule has 22 heavy (non-hydrogen) atoms. The van der Waals surface area contributed by atoms with Gasteiger partial charge >= 0.3 is 35.5 Å². The van der Waals surface area contributed by atoms with Gasteiger partial charge < -0.3 is 11.8 Å². The molecular formula is C13H26NNaO6S. The van der Waals surface area contributed by atoms with Crippen LogP contribution < -0.4 is 34.9 Å². The Hall–Kier alpha value is -0.150. The normalized spacial score (nSPS) is 12.3. The zero-order chi connectivity index (χ0) is 16.3. The fourth-order valence-corrected chi connectivity index (χ4v) is 2.54. The number of carboxylic acids is 1. The minimum atomic E-state index is -4.45. The summed E-state index contributed by atoms with van der Waals surface area (Å²) in [6.45, 7) is 2.13. The van der Waals surface area contributed by atoms with E-state index in [0.717, 1.165) is 19.3 Å². The summed E-state index contributed by atoms with van der Waals surface area (Å²) in [6, 6.07) is -1.61. The van der Waals surface area contributed by atoms with Gasteiger partial charge in [-0.05, 0) is 6.42 Å². The molecule has 0 aromatic carbocycles. The first-order valence-electron chi connectivity index (χ1n) is 7.23. The van der Waals surface area contributed by atoms with Crippen molar-refractivity contribution in [2.45, 2.75) is 64.3 Å². The van der Waals surface area contributed by atoms with Gasteiger partial charge in [0.25, 0.3) is 10.1 Å². The van der Waals surface area contributed by atoms with Gasteiger partial charge in [0.1, 0.15) is 11.8 Å².